The Morgan fingerprint density at radius 2 is 1.57 bits per heavy atom. The SMILES string of the molecule is CSc1ccc(NC(C)c2ccc3ccccc3c2)cc1. The largest absolute Gasteiger partial charge is 0.379 e. The van der Waals surface area contributed by atoms with Gasteiger partial charge < -0.3 is 5.32 Å². The quantitative estimate of drug-likeness (QED) is 0.616. The van der Waals surface area contributed by atoms with Crippen LogP contribution < -0.4 is 5.32 Å². The van der Waals surface area contributed by atoms with E-state index >= 15 is 0 Å². The standard InChI is InChI=1S/C19H19NS/c1-14(20-18-9-11-19(21-2)12-10-18)16-8-7-15-5-3-4-6-17(15)13-16/h3-14,20H,1-2H3. The van der Waals surface area contributed by atoms with Crippen LogP contribution in [-0.4, -0.2) is 6.26 Å². The zero-order chi connectivity index (χ0) is 14.7. The van der Waals surface area contributed by atoms with Crippen LogP contribution in [0.3, 0.4) is 0 Å². The third kappa shape index (κ3) is 3.22. The zero-order valence-electron chi connectivity index (χ0n) is 12.3. The van der Waals surface area contributed by atoms with Crippen molar-refractivity contribution in [3.63, 3.8) is 0 Å². The lowest BCUT2D eigenvalue weighted by molar-refractivity contribution is 0.886. The maximum absolute atomic E-state index is 3.56. The molecule has 0 amide bonds. The Morgan fingerprint density at radius 3 is 2.29 bits per heavy atom. The Bertz CT molecular complexity index is 734. The van der Waals surface area contributed by atoms with Crippen LogP contribution in [0.1, 0.15) is 18.5 Å². The molecule has 0 fully saturated rings. The number of anilines is 1. The summed E-state index contributed by atoms with van der Waals surface area (Å²) < 4.78 is 0. The zero-order valence-corrected chi connectivity index (χ0v) is 13.2. The average Bonchev–Trinajstić information content (AvgIpc) is 2.55. The molecule has 1 nitrogen and oxygen atoms in total. The Morgan fingerprint density at radius 1 is 0.857 bits per heavy atom. The summed E-state index contributed by atoms with van der Waals surface area (Å²) in [5.41, 5.74) is 2.47. The predicted octanol–water partition coefficient (Wildman–Crippen LogP) is 5.73. The van der Waals surface area contributed by atoms with Crippen molar-refractivity contribution < 1.29 is 0 Å². The van der Waals surface area contributed by atoms with Crippen LogP contribution >= 0.6 is 11.8 Å². The first-order valence-electron chi connectivity index (χ1n) is 7.15. The van der Waals surface area contributed by atoms with E-state index in [1.165, 1.54) is 21.2 Å². The van der Waals surface area contributed by atoms with E-state index in [1.54, 1.807) is 11.8 Å². The van der Waals surface area contributed by atoms with Gasteiger partial charge in [-0.2, -0.15) is 0 Å². The second-order valence-corrected chi connectivity index (χ2v) is 6.08. The number of hydrogen-bond donors (Lipinski definition) is 1. The molecule has 3 rings (SSSR count). The summed E-state index contributed by atoms with van der Waals surface area (Å²) in [6.45, 7) is 2.20. The van der Waals surface area contributed by atoms with Crippen molar-refractivity contribution >= 4 is 28.2 Å². The number of thioether (sulfide) groups is 1. The van der Waals surface area contributed by atoms with E-state index < -0.39 is 0 Å². The van der Waals surface area contributed by atoms with Crippen LogP contribution in [0, 0.1) is 0 Å². The maximum Gasteiger partial charge on any atom is 0.0485 e. The lowest BCUT2D eigenvalue weighted by atomic mass is 10.0. The first kappa shape index (κ1) is 14.0. The van der Waals surface area contributed by atoms with Crippen molar-refractivity contribution in [1.29, 1.82) is 0 Å². The fourth-order valence-electron chi connectivity index (χ4n) is 2.50. The van der Waals surface area contributed by atoms with Crippen molar-refractivity contribution in [3.05, 3.63) is 72.3 Å². The molecule has 0 heterocycles. The van der Waals surface area contributed by atoms with Gasteiger partial charge in [-0.25, -0.2) is 0 Å². The van der Waals surface area contributed by atoms with Crippen LogP contribution in [-0.2, 0) is 0 Å². The van der Waals surface area contributed by atoms with E-state index in [2.05, 4.69) is 85.2 Å². The van der Waals surface area contributed by atoms with E-state index in [0.29, 0.717) is 0 Å². The van der Waals surface area contributed by atoms with Crippen LogP contribution in [0.15, 0.2) is 71.6 Å². The van der Waals surface area contributed by atoms with Crippen molar-refractivity contribution in [2.45, 2.75) is 17.9 Å². The summed E-state index contributed by atoms with van der Waals surface area (Å²) in [6.07, 6.45) is 2.10. The number of nitrogens with one attached hydrogen (secondary N) is 1. The number of hydrogen-bond acceptors (Lipinski definition) is 2. The summed E-state index contributed by atoms with van der Waals surface area (Å²) >= 11 is 1.77. The summed E-state index contributed by atoms with van der Waals surface area (Å²) in [6, 6.07) is 24.0. The van der Waals surface area contributed by atoms with Gasteiger partial charge in [0.1, 0.15) is 0 Å². The minimum atomic E-state index is 0.287. The number of fused-ring (bicyclic) bond motifs is 1. The van der Waals surface area contributed by atoms with Gasteiger partial charge in [-0.15, -0.1) is 11.8 Å². The summed E-state index contributed by atoms with van der Waals surface area (Å²) in [7, 11) is 0. The highest BCUT2D eigenvalue weighted by atomic mass is 32.2. The van der Waals surface area contributed by atoms with Gasteiger partial charge in [0.2, 0.25) is 0 Å². The molecule has 3 aromatic rings. The van der Waals surface area contributed by atoms with Gasteiger partial charge in [0, 0.05) is 16.6 Å². The van der Waals surface area contributed by atoms with Gasteiger partial charge in [-0.1, -0.05) is 36.4 Å². The average molecular weight is 293 g/mol. The lowest BCUT2D eigenvalue weighted by Crippen LogP contribution is -2.06. The first-order chi connectivity index (χ1) is 10.3. The molecule has 2 heteroatoms. The molecule has 0 saturated carbocycles. The second-order valence-electron chi connectivity index (χ2n) is 5.20. The minimum Gasteiger partial charge on any atom is -0.379 e. The molecule has 0 spiro atoms. The van der Waals surface area contributed by atoms with Crippen LogP contribution in [0.5, 0.6) is 0 Å². The van der Waals surface area contributed by atoms with E-state index in [4.69, 9.17) is 0 Å². The van der Waals surface area contributed by atoms with E-state index in [9.17, 15) is 0 Å². The molecule has 106 valence electrons. The van der Waals surface area contributed by atoms with Crippen LogP contribution in [0.2, 0.25) is 0 Å². The van der Waals surface area contributed by atoms with Gasteiger partial charge in [0.15, 0.2) is 0 Å². The van der Waals surface area contributed by atoms with Crippen molar-refractivity contribution in [2.75, 3.05) is 11.6 Å². The van der Waals surface area contributed by atoms with Crippen LogP contribution in [0.4, 0.5) is 5.69 Å². The molecular weight excluding hydrogens is 274 g/mol. The third-order valence-electron chi connectivity index (χ3n) is 3.75. The molecule has 1 unspecified atom stereocenters. The van der Waals surface area contributed by atoms with Gasteiger partial charge >= 0.3 is 0 Å². The highest BCUT2D eigenvalue weighted by molar-refractivity contribution is 7.98. The first-order valence-corrected chi connectivity index (χ1v) is 8.38. The Hall–Kier alpha value is -1.93. The Balaban J connectivity index is 1.80. The van der Waals surface area contributed by atoms with Gasteiger partial charge in [0.25, 0.3) is 0 Å². The van der Waals surface area contributed by atoms with E-state index in [0.717, 1.165) is 5.69 Å². The Kier molecular flexibility index (Phi) is 4.16. The highest BCUT2D eigenvalue weighted by Gasteiger charge is 2.06. The summed E-state index contributed by atoms with van der Waals surface area (Å²) in [5.74, 6) is 0. The molecular formula is C19H19NS. The van der Waals surface area contributed by atoms with Gasteiger partial charge in [-0.3, -0.25) is 0 Å². The number of benzene rings is 3. The monoisotopic (exact) mass is 293 g/mol. The molecule has 0 bridgehead atoms. The smallest absolute Gasteiger partial charge is 0.0485 e. The van der Waals surface area contributed by atoms with Crippen LogP contribution in [0.25, 0.3) is 10.8 Å². The molecule has 1 N–H and O–H groups in total. The Labute approximate surface area is 130 Å². The normalized spacial score (nSPS) is 12.3. The van der Waals surface area contributed by atoms with Crippen molar-refractivity contribution in [2.24, 2.45) is 0 Å². The molecule has 0 aliphatic rings. The maximum atomic E-state index is 3.56. The lowest BCUT2D eigenvalue weighted by Gasteiger charge is -2.16. The molecule has 1 atom stereocenters. The number of rotatable bonds is 4. The molecule has 0 aromatic heterocycles. The molecule has 3 aromatic carbocycles. The molecule has 0 radical (unpaired) electrons. The highest BCUT2D eigenvalue weighted by Crippen LogP contribution is 2.24. The van der Waals surface area contributed by atoms with Crippen molar-refractivity contribution in [1.82, 2.24) is 0 Å². The summed E-state index contributed by atoms with van der Waals surface area (Å²) in [5, 5.41) is 6.15. The van der Waals surface area contributed by atoms with E-state index in [1.807, 2.05) is 0 Å². The topological polar surface area (TPSA) is 12.0 Å². The fraction of sp³-hybridized carbons (Fsp3) is 0.158. The fourth-order valence-corrected chi connectivity index (χ4v) is 2.91. The molecule has 21 heavy (non-hydrogen) atoms. The summed E-state index contributed by atoms with van der Waals surface area (Å²) in [4.78, 5) is 1.29. The van der Waals surface area contributed by atoms with Gasteiger partial charge in [-0.05, 0) is 59.8 Å². The van der Waals surface area contributed by atoms with Crippen molar-refractivity contribution in [3.8, 4) is 0 Å². The van der Waals surface area contributed by atoms with Gasteiger partial charge in [0.05, 0.1) is 0 Å². The third-order valence-corrected chi connectivity index (χ3v) is 4.49. The van der Waals surface area contributed by atoms with E-state index in [-0.39, 0.29) is 6.04 Å². The molecule has 0 aliphatic carbocycles. The molecule has 0 saturated heterocycles. The second kappa shape index (κ2) is 6.23. The minimum absolute atomic E-state index is 0.287. The predicted molar refractivity (Wildman–Crippen MR) is 94.2 cm³/mol. The molecule has 0 aliphatic heterocycles.